The Labute approximate surface area is 91.3 Å². The van der Waals surface area contributed by atoms with Crippen LogP contribution in [0.3, 0.4) is 0 Å². The van der Waals surface area contributed by atoms with E-state index in [1.807, 2.05) is 6.92 Å². The Kier molecular flexibility index (Phi) is 3.91. The lowest BCUT2D eigenvalue weighted by Crippen LogP contribution is -2.16. The zero-order chi connectivity index (χ0) is 12.3. The summed E-state index contributed by atoms with van der Waals surface area (Å²) in [6.45, 7) is 1.84. The second-order valence-electron chi connectivity index (χ2n) is 3.60. The molecule has 90 valence electrons. The highest BCUT2D eigenvalue weighted by Crippen LogP contribution is 2.34. The van der Waals surface area contributed by atoms with Crippen molar-refractivity contribution in [2.24, 2.45) is 5.73 Å². The van der Waals surface area contributed by atoms with Crippen LogP contribution in [0.15, 0.2) is 18.2 Å². The summed E-state index contributed by atoms with van der Waals surface area (Å²) < 4.78 is 50.7. The van der Waals surface area contributed by atoms with Gasteiger partial charge in [-0.1, -0.05) is 25.5 Å². The first-order valence-corrected chi connectivity index (χ1v) is 4.99. The van der Waals surface area contributed by atoms with Crippen LogP contribution in [0.25, 0.3) is 0 Å². The molecule has 1 atom stereocenters. The van der Waals surface area contributed by atoms with E-state index in [2.05, 4.69) is 0 Å². The maximum atomic E-state index is 13.5. The average Bonchev–Trinajstić information content (AvgIpc) is 2.16. The van der Waals surface area contributed by atoms with Gasteiger partial charge in [0.25, 0.3) is 0 Å². The summed E-state index contributed by atoms with van der Waals surface area (Å²) in [5.74, 6) is -1.25. The van der Waals surface area contributed by atoms with Crippen molar-refractivity contribution in [3.63, 3.8) is 0 Å². The highest BCUT2D eigenvalue weighted by Gasteiger charge is 2.35. The lowest BCUT2D eigenvalue weighted by molar-refractivity contribution is -0.140. The van der Waals surface area contributed by atoms with E-state index in [0.717, 1.165) is 6.07 Å². The van der Waals surface area contributed by atoms with Gasteiger partial charge in [-0.2, -0.15) is 13.2 Å². The second kappa shape index (κ2) is 4.82. The lowest BCUT2D eigenvalue weighted by Gasteiger charge is -2.15. The average molecular weight is 235 g/mol. The number of benzene rings is 1. The third kappa shape index (κ3) is 2.72. The molecular formula is C11H13F4N. The fourth-order valence-corrected chi connectivity index (χ4v) is 1.52. The quantitative estimate of drug-likeness (QED) is 0.795. The SMILES string of the molecule is CCC[C@H](N)c1cccc(C(F)(F)F)c1F. The molecule has 0 unspecified atom stereocenters. The number of hydrogen-bond acceptors (Lipinski definition) is 1. The van der Waals surface area contributed by atoms with Gasteiger partial charge < -0.3 is 5.73 Å². The van der Waals surface area contributed by atoms with Crippen LogP contribution in [0.5, 0.6) is 0 Å². The Morgan fingerprint density at radius 2 is 1.94 bits per heavy atom. The van der Waals surface area contributed by atoms with E-state index in [1.54, 1.807) is 0 Å². The molecule has 0 saturated heterocycles. The first kappa shape index (κ1) is 13.0. The standard InChI is InChI=1S/C11H13F4N/c1-2-4-9(16)7-5-3-6-8(10(7)12)11(13,14)15/h3,5-6,9H,2,4,16H2,1H3/t9-/m0/s1. The number of nitrogens with two attached hydrogens (primary N) is 1. The van der Waals surface area contributed by atoms with Gasteiger partial charge in [0, 0.05) is 11.6 Å². The zero-order valence-electron chi connectivity index (χ0n) is 8.81. The van der Waals surface area contributed by atoms with Crippen LogP contribution in [0, 0.1) is 5.82 Å². The Morgan fingerprint density at radius 3 is 2.44 bits per heavy atom. The van der Waals surface area contributed by atoms with Crippen LogP contribution in [-0.4, -0.2) is 0 Å². The molecule has 1 aromatic carbocycles. The zero-order valence-corrected chi connectivity index (χ0v) is 8.81. The number of rotatable bonds is 3. The Balaban J connectivity index is 3.14. The summed E-state index contributed by atoms with van der Waals surface area (Å²) in [5, 5.41) is 0. The van der Waals surface area contributed by atoms with Crippen molar-refractivity contribution in [1.29, 1.82) is 0 Å². The molecule has 0 aliphatic heterocycles. The summed E-state index contributed by atoms with van der Waals surface area (Å²) in [6.07, 6.45) is -3.53. The number of hydrogen-bond donors (Lipinski definition) is 1. The van der Waals surface area contributed by atoms with E-state index in [9.17, 15) is 17.6 Å². The van der Waals surface area contributed by atoms with Crippen molar-refractivity contribution >= 4 is 0 Å². The van der Waals surface area contributed by atoms with Gasteiger partial charge >= 0.3 is 6.18 Å². The molecule has 0 aliphatic carbocycles. The van der Waals surface area contributed by atoms with Crippen LogP contribution < -0.4 is 5.73 Å². The van der Waals surface area contributed by atoms with Gasteiger partial charge in [0.15, 0.2) is 0 Å². The van der Waals surface area contributed by atoms with Crippen LogP contribution in [-0.2, 0) is 6.18 Å². The van der Waals surface area contributed by atoms with Gasteiger partial charge in [-0.15, -0.1) is 0 Å². The minimum absolute atomic E-state index is 0.0725. The molecule has 1 aromatic rings. The molecule has 5 heteroatoms. The molecule has 0 aromatic heterocycles. The van der Waals surface area contributed by atoms with Crippen molar-refractivity contribution in [2.45, 2.75) is 32.0 Å². The third-order valence-electron chi connectivity index (χ3n) is 2.33. The fraction of sp³-hybridized carbons (Fsp3) is 0.455. The highest BCUT2D eigenvalue weighted by molar-refractivity contribution is 5.30. The third-order valence-corrected chi connectivity index (χ3v) is 2.33. The molecule has 16 heavy (non-hydrogen) atoms. The van der Waals surface area contributed by atoms with Crippen molar-refractivity contribution in [2.75, 3.05) is 0 Å². The van der Waals surface area contributed by atoms with Gasteiger partial charge in [-0.3, -0.25) is 0 Å². The van der Waals surface area contributed by atoms with Gasteiger partial charge in [0.05, 0.1) is 5.56 Å². The predicted octanol–water partition coefficient (Wildman–Crippen LogP) is 3.64. The van der Waals surface area contributed by atoms with Crippen molar-refractivity contribution in [1.82, 2.24) is 0 Å². The molecule has 0 aliphatic rings. The normalized spacial score (nSPS) is 13.9. The van der Waals surface area contributed by atoms with Gasteiger partial charge in [-0.05, 0) is 12.5 Å². The molecule has 1 rings (SSSR count). The highest BCUT2D eigenvalue weighted by atomic mass is 19.4. The largest absolute Gasteiger partial charge is 0.419 e. The maximum Gasteiger partial charge on any atom is 0.419 e. The van der Waals surface area contributed by atoms with Gasteiger partial charge in [-0.25, -0.2) is 4.39 Å². The van der Waals surface area contributed by atoms with E-state index < -0.39 is 23.6 Å². The molecule has 0 fully saturated rings. The van der Waals surface area contributed by atoms with E-state index in [4.69, 9.17) is 5.73 Å². The maximum absolute atomic E-state index is 13.5. The minimum Gasteiger partial charge on any atom is -0.324 e. The van der Waals surface area contributed by atoms with Crippen molar-refractivity contribution < 1.29 is 17.6 Å². The topological polar surface area (TPSA) is 26.0 Å². The summed E-state index contributed by atoms with van der Waals surface area (Å²) in [7, 11) is 0. The first-order valence-electron chi connectivity index (χ1n) is 4.99. The lowest BCUT2D eigenvalue weighted by atomic mass is 10.00. The molecule has 0 amide bonds. The van der Waals surface area contributed by atoms with Crippen molar-refractivity contribution in [3.05, 3.63) is 35.1 Å². The molecule has 0 radical (unpaired) electrons. The van der Waals surface area contributed by atoms with Crippen LogP contribution in [0.2, 0.25) is 0 Å². The number of alkyl halides is 3. The molecule has 0 saturated carbocycles. The molecule has 0 bridgehead atoms. The van der Waals surface area contributed by atoms with Crippen LogP contribution in [0.1, 0.15) is 36.9 Å². The van der Waals surface area contributed by atoms with Crippen LogP contribution in [0.4, 0.5) is 17.6 Å². The minimum atomic E-state index is -4.67. The Morgan fingerprint density at radius 1 is 1.31 bits per heavy atom. The predicted molar refractivity (Wildman–Crippen MR) is 53.2 cm³/mol. The number of halogens is 4. The Hall–Kier alpha value is -1.10. The smallest absolute Gasteiger partial charge is 0.324 e. The van der Waals surface area contributed by atoms with E-state index in [1.165, 1.54) is 12.1 Å². The van der Waals surface area contributed by atoms with E-state index >= 15 is 0 Å². The molecule has 2 N–H and O–H groups in total. The molecule has 0 spiro atoms. The molecule has 1 nitrogen and oxygen atoms in total. The monoisotopic (exact) mass is 235 g/mol. The molecule has 0 heterocycles. The van der Waals surface area contributed by atoms with Crippen LogP contribution >= 0.6 is 0 Å². The summed E-state index contributed by atoms with van der Waals surface area (Å²) in [6, 6.07) is 2.51. The summed E-state index contributed by atoms with van der Waals surface area (Å²) >= 11 is 0. The molecular weight excluding hydrogens is 222 g/mol. The first-order chi connectivity index (χ1) is 7.38. The summed E-state index contributed by atoms with van der Waals surface area (Å²) in [4.78, 5) is 0. The van der Waals surface area contributed by atoms with Gasteiger partial charge in [0.2, 0.25) is 0 Å². The van der Waals surface area contributed by atoms with Gasteiger partial charge in [0.1, 0.15) is 5.82 Å². The van der Waals surface area contributed by atoms with E-state index in [0.29, 0.717) is 12.8 Å². The van der Waals surface area contributed by atoms with E-state index in [-0.39, 0.29) is 5.56 Å². The summed E-state index contributed by atoms with van der Waals surface area (Å²) in [5.41, 5.74) is 4.29. The van der Waals surface area contributed by atoms with Crippen molar-refractivity contribution in [3.8, 4) is 0 Å². The fourth-order valence-electron chi connectivity index (χ4n) is 1.52. The second-order valence-corrected chi connectivity index (χ2v) is 3.60. The Bertz CT molecular complexity index is 359.